The standard InChI is InChI=1S/C18H21NO2/c1-2-17(20)14-8-10-15(11-9-14)19-12-5-13-21-18-7-4-3-6-16(18)19/h3-4,6-11,17,20H,2,5,12-13H2,1H3/t17-/m0/s1. The third kappa shape index (κ3) is 2.88. The molecule has 1 atom stereocenters. The fourth-order valence-corrected chi connectivity index (χ4v) is 2.71. The molecule has 0 fully saturated rings. The number of hydrogen-bond donors (Lipinski definition) is 1. The van der Waals surface area contributed by atoms with Crippen molar-refractivity contribution in [1.82, 2.24) is 0 Å². The Hall–Kier alpha value is -2.00. The van der Waals surface area contributed by atoms with Gasteiger partial charge in [-0.15, -0.1) is 0 Å². The van der Waals surface area contributed by atoms with E-state index in [4.69, 9.17) is 4.74 Å². The van der Waals surface area contributed by atoms with E-state index in [0.29, 0.717) is 0 Å². The molecule has 0 spiro atoms. The molecule has 21 heavy (non-hydrogen) atoms. The molecule has 0 saturated heterocycles. The average Bonchev–Trinajstić information content (AvgIpc) is 2.77. The summed E-state index contributed by atoms with van der Waals surface area (Å²) in [4.78, 5) is 2.28. The highest BCUT2D eigenvalue weighted by Crippen LogP contribution is 2.36. The van der Waals surface area contributed by atoms with Gasteiger partial charge in [0, 0.05) is 12.2 Å². The molecule has 0 saturated carbocycles. The Bertz CT molecular complexity index is 594. The van der Waals surface area contributed by atoms with Crippen LogP contribution in [0.2, 0.25) is 0 Å². The fraction of sp³-hybridized carbons (Fsp3) is 0.333. The number of fused-ring (bicyclic) bond motifs is 1. The topological polar surface area (TPSA) is 32.7 Å². The molecule has 0 aromatic heterocycles. The molecule has 1 heterocycles. The molecule has 110 valence electrons. The zero-order chi connectivity index (χ0) is 14.7. The molecule has 0 unspecified atom stereocenters. The number of anilines is 2. The molecule has 1 N–H and O–H groups in total. The number of ether oxygens (including phenoxy) is 1. The van der Waals surface area contributed by atoms with E-state index in [-0.39, 0.29) is 6.10 Å². The van der Waals surface area contributed by atoms with Crippen molar-refractivity contribution in [2.24, 2.45) is 0 Å². The summed E-state index contributed by atoms with van der Waals surface area (Å²) in [5, 5.41) is 9.90. The van der Waals surface area contributed by atoms with E-state index in [1.54, 1.807) is 0 Å². The van der Waals surface area contributed by atoms with Crippen molar-refractivity contribution in [1.29, 1.82) is 0 Å². The lowest BCUT2D eigenvalue weighted by molar-refractivity contribution is 0.173. The zero-order valence-corrected chi connectivity index (χ0v) is 12.3. The summed E-state index contributed by atoms with van der Waals surface area (Å²) < 4.78 is 5.80. The molecule has 0 aliphatic carbocycles. The third-order valence-corrected chi connectivity index (χ3v) is 3.92. The largest absolute Gasteiger partial charge is 0.491 e. The first-order valence-electron chi connectivity index (χ1n) is 7.57. The summed E-state index contributed by atoms with van der Waals surface area (Å²) in [5.41, 5.74) is 3.22. The van der Waals surface area contributed by atoms with Crippen LogP contribution in [0.3, 0.4) is 0 Å². The van der Waals surface area contributed by atoms with Crippen LogP contribution >= 0.6 is 0 Å². The SMILES string of the molecule is CC[C@H](O)c1ccc(N2CCCOc3ccccc32)cc1. The summed E-state index contributed by atoms with van der Waals surface area (Å²) in [6.45, 7) is 3.67. The highest BCUT2D eigenvalue weighted by Gasteiger charge is 2.17. The number of benzene rings is 2. The number of aliphatic hydroxyl groups is 1. The predicted octanol–water partition coefficient (Wildman–Crippen LogP) is 4.05. The number of para-hydroxylation sites is 2. The Morgan fingerprint density at radius 1 is 1.14 bits per heavy atom. The summed E-state index contributed by atoms with van der Waals surface area (Å²) in [6.07, 6.45) is 1.35. The van der Waals surface area contributed by atoms with E-state index in [1.165, 1.54) is 0 Å². The minimum atomic E-state index is -0.376. The van der Waals surface area contributed by atoms with E-state index in [1.807, 2.05) is 37.3 Å². The quantitative estimate of drug-likeness (QED) is 0.922. The van der Waals surface area contributed by atoms with Crippen LogP contribution in [-0.2, 0) is 0 Å². The van der Waals surface area contributed by atoms with Gasteiger partial charge in [-0.2, -0.15) is 0 Å². The van der Waals surface area contributed by atoms with Crippen LogP contribution in [0.4, 0.5) is 11.4 Å². The molecule has 2 aromatic carbocycles. The molecule has 3 nitrogen and oxygen atoms in total. The lowest BCUT2D eigenvalue weighted by atomic mass is 10.1. The minimum absolute atomic E-state index is 0.376. The Kier molecular flexibility index (Phi) is 4.11. The van der Waals surface area contributed by atoms with Gasteiger partial charge in [-0.25, -0.2) is 0 Å². The summed E-state index contributed by atoms with van der Waals surface area (Å²) >= 11 is 0. The second-order valence-corrected chi connectivity index (χ2v) is 5.34. The van der Waals surface area contributed by atoms with E-state index in [2.05, 4.69) is 23.1 Å². The molecule has 1 aliphatic heterocycles. The first kappa shape index (κ1) is 14.0. The number of aliphatic hydroxyl groups excluding tert-OH is 1. The smallest absolute Gasteiger partial charge is 0.142 e. The second kappa shape index (κ2) is 6.19. The molecule has 0 amide bonds. The van der Waals surface area contributed by atoms with Crippen LogP contribution in [0.1, 0.15) is 31.4 Å². The van der Waals surface area contributed by atoms with E-state index < -0.39 is 0 Å². The van der Waals surface area contributed by atoms with Gasteiger partial charge in [0.1, 0.15) is 5.75 Å². The Labute approximate surface area is 125 Å². The van der Waals surface area contributed by atoms with Gasteiger partial charge in [-0.05, 0) is 42.7 Å². The van der Waals surface area contributed by atoms with Gasteiger partial charge < -0.3 is 14.7 Å². The van der Waals surface area contributed by atoms with Crippen molar-refractivity contribution in [3.05, 3.63) is 54.1 Å². The normalized spacial score (nSPS) is 15.8. The predicted molar refractivity (Wildman–Crippen MR) is 85.3 cm³/mol. The highest BCUT2D eigenvalue weighted by atomic mass is 16.5. The van der Waals surface area contributed by atoms with Crippen molar-refractivity contribution < 1.29 is 9.84 Å². The van der Waals surface area contributed by atoms with Gasteiger partial charge in [-0.3, -0.25) is 0 Å². The average molecular weight is 283 g/mol. The molecular formula is C18H21NO2. The van der Waals surface area contributed by atoms with Gasteiger partial charge >= 0.3 is 0 Å². The first-order valence-corrected chi connectivity index (χ1v) is 7.57. The van der Waals surface area contributed by atoms with Crippen molar-refractivity contribution in [3.63, 3.8) is 0 Å². The Balaban J connectivity index is 1.93. The lowest BCUT2D eigenvalue weighted by Gasteiger charge is -2.24. The molecular weight excluding hydrogens is 262 g/mol. The number of hydrogen-bond acceptors (Lipinski definition) is 3. The lowest BCUT2D eigenvalue weighted by Crippen LogP contribution is -2.17. The maximum absolute atomic E-state index is 9.90. The van der Waals surface area contributed by atoms with Crippen molar-refractivity contribution in [3.8, 4) is 5.75 Å². The zero-order valence-electron chi connectivity index (χ0n) is 12.3. The van der Waals surface area contributed by atoms with Crippen molar-refractivity contribution >= 4 is 11.4 Å². The molecule has 3 heteroatoms. The molecule has 3 rings (SSSR count). The van der Waals surface area contributed by atoms with E-state index in [0.717, 1.165) is 48.7 Å². The first-order chi connectivity index (χ1) is 10.3. The van der Waals surface area contributed by atoms with E-state index >= 15 is 0 Å². The van der Waals surface area contributed by atoms with Gasteiger partial charge in [-0.1, -0.05) is 31.2 Å². The Morgan fingerprint density at radius 3 is 2.67 bits per heavy atom. The van der Waals surface area contributed by atoms with Crippen LogP contribution in [0.5, 0.6) is 5.75 Å². The summed E-state index contributed by atoms with van der Waals surface area (Å²) in [6, 6.07) is 16.3. The number of nitrogens with zero attached hydrogens (tertiary/aromatic N) is 1. The van der Waals surface area contributed by atoms with Crippen molar-refractivity contribution in [2.75, 3.05) is 18.1 Å². The minimum Gasteiger partial charge on any atom is -0.491 e. The van der Waals surface area contributed by atoms with Crippen LogP contribution in [0.25, 0.3) is 0 Å². The van der Waals surface area contributed by atoms with Crippen LogP contribution < -0.4 is 9.64 Å². The molecule has 1 aliphatic rings. The molecule has 0 bridgehead atoms. The van der Waals surface area contributed by atoms with Crippen LogP contribution in [0, 0.1) is 0 Å². The van der Waals surface area contributed by atoms with Gasteiger partial charge in [0.15, 0.2) is 0 Å². The van der Waals surface area contributed by atoms with Crippen molar-refractivity contribution in [2.45, 2.75) is 25.9 Å². The fourth-order valence-electron chi connectivity index (χ4n) is 2.71. The van der Waals surface area contributed by atoms with Crippen LogP contribution in [-0.4, -0.2) is 18.3 Å². The van der Waals surface area contributed by atoms with E-state index in [9.17, 15) is 5.11 Å². The summed E-state index contributed by atoms with van der Waals surface area (Å²) in [5.74, 6) is 0.938. The van der Waals surface area contributed by atoms with Gasteiger partial charge in [0.25, 0.3) is 0 Å². The van der Waals surface area contributed by atoms with Gasteiger partial charge in [0.05, 0.1) is 18.4 Å². The second-order valence-electron chi connectivity index (χ2n) is 5.34. The molecule has 0 radical (unpaired) electrons. The highest BCUT2D eigenvalue weighted by molar-refractivity contribution is 5.69. The molecule has 2 aromatic rings. The summed E-state index contributed by atoms with van der Waals surface area (Å²) in [7, 11) is 0. The maximum Gasteiger partial charge on any atom is 0.142 e. The maximum atomic E-state index is 9.90. The van der Waals surface area contributed by atoms with Gasteiger partial charge in [0.2, 0.25) is 0 Å². The Morgan fingerprint density at radius 2 is 1.90 bits per heavy atom. The third-order valence-electron chi connectivity index (χ3n) is 3.92. The number of rotatable bonds is 3. The monoisotopic (exact) mass is 283 g/mol. The van der Waals surface area contributed by atoms with Crippen LogP contribution in [0.15, 0.2) is 48.5 Å².